The average Bonchev–Trinajstić information content (AvgIpc) is 2.72. The monoisotopic (exact) mass is 429 g/mol. The summed E-state index contributed by atoms with van der Waals surface area (Å²) in [4.78, 5) is 13.6. The first kappa shape index (κ1) is 29.4. The van der Waals surface area contributed by atoms with E-state index in [1.165, 1.54) is 88.4 Å². The summed E-state index contributed by atoms with van der Waals surface area (Å²) >= 11 is 0. The molecule has 0 aliphatic heterocycles. The van der Waals surface area contributed by atoms with Gasteiger partial charge in [0.2, 0.25) is 5.91 Å². The van der Waals surface area contributed by atoms with E-state index in [1.807, 2.05) is 13.8 Å². The summed E-state index contributed by atoms with van der Waals surface area (Å²) in [7, 11) is 0. The van der Waals surface area contributed by atoms with Gasteiger partial charge in [0.05, 0.1) is 19.3 Å². The summed E-state index contributed by atoms with van der Waals surface area (Å²) in [6.07, 6.45) is 18.0. The molecule has 0 aromatic rings. The molecule has 0 radical (unpaired) electrons. The zero-order valence-corrected chi connectivity index (χ0v) is 20.2. The molecule has 0 aromatic heterocycles. The third-order valence-corrected chi connectivity index (χ3v) is 5.56. The van der Waals surface area contributed by atoms with Gasteiger partial charge < -0.3 is 19.8 Å². The summed E-state index contributed by atoms with van der Waals surface area (Å²) in [6, 6.07) is 0. The number of ether oxygens (including phenoxy) is 1. The molecule has 0 aliphatic carbocycles. The van der Waals surface area contributed by atoms with Crippen molar-refractivity contribution in [2.45, 2.75) is 117 Å². The summed E-state index contributed by atoms with van der Waals surface area (Å²) in [6.45, 7) is 7.20. The number of unbranched alkanes of at least 4 members (excludes halogenated alkanes) is 13. The van der Waals surface area contributed by atoms with Gasteiger partial charge in [-0.05, 0) is 6.42 Å². The van der Waals surface area contributed by atoms with E-state index in [0.717, 1.165) is 6.42 Å². The SMILES string of the molecule is CCCCCCCCCCCCCCCCOCC(O)CN(CCO)C(=O)C(C)C. The minimum atomic E-state index is -0.703. The predicted octanol–water partition coefficient (Wildman–Crippen LogP) is 5.32. The molecule has 1 unspecified atom stereocenters. The predicted molar refractivity (Wildman–Crippen MR) is 126 cm³/mol. The molecule has 1 amide bonds. The number of rotatable bonds is 22. The maximum absolute atomic E-state index is 12.1. The van der Waals surface area contributed by atoms with E-state index in [-0.39, 0.29) is 38.1 Å². The number of nitrogens with zero attached hydrogens (tertiary/aromatic N) is 1. The molecule has 0 saturated heterocycles. The molecule has 2 N–H and O–H groups in total. The third kappa shape index (κ3) is 18.1. The summed E-state index contributed by atoms with van der Waals surface area (Å²) < 4.78 is 5.57. The fourth-order valence-electron chi connectivity index (χ4n) is 3.70. The van der Waals surface area contributed by atoms with Crippen molar-refractivity contribution in [2.24, 2.45) is 5.92 Å². The molecule has 5 nitrogen and oxygen atoms in total. The van der Waals surface area contributed by atoms with Crippen LogP contribution >= 0.6 is 0 Å². The fraction of sp³-hybridized carbons (Fsp3) is 0.960. The van der Waals surface area contributed by atoms with Crippen molar-refractivity contribution in [3.8, 4) is 0 Å². The molecule has 0 saturated carbocycles. The molecule has 0 rings (SSSR count). The Morgan fingerprint density at radius 3 is 1.73 bits per heavy atom. The average molecular weight is 430 g/mol. The van der Waals surface area contributed by atoms with Gasteiger partial charge in [0, 0.05) is 25.6 Å². The minimum Gasteiger partial charge on any atom is -0.395 e. The number of aliphatic hydroxyl groups is 2. The van der Waals surface area contributed by atoms with E-state index in [9.17, 15) is 9.90 Å². The second-order valence-corrected chi connectivity index (χ2v) is 8.99. The Bertz CT molecular complexity index is 376. The van der Waals surface area contributed by atoms with Crippen molar-refractivity contribution < 1.29 is 19.7 Å². The van der Waals surface area contributed by atoms with Gasteiger partial charge in [-0.1, -0.05) is 104 Å². The standard InChI is InChI=1S/C25H51NO4/c1-4-5-6-7-8-9-10-11-12-13-14-15-16-17-20-30-22-24(28)21-26(18-19-27)25(29)23(2)3/h23-24,27-28H,4-22H2,1-3H3. The van der Waals surface area contributed by atoms with Crippen LogP contribution < -0.4 is 0 Å². The normalized spacial score (nSPS) is 12.5. The molecule has 0 bridgehead atoms. The molecular formula is C25H51NO4. The highest BCUT2D eigenvalue weighted by molar-refractivity contribution is 5.78. The highest BCUT2D eigenvalue weighted by Gasteiger charge is 2.19. The number of hydrogen-bond donors (Lipinski definition) is 2. The van der Waals surface area contributed by atoms with Crippen LogP contribution in [-0.2, 0) is 9.53 Å². The van der Waals surface area contributed by atoms with Gasteiger partial charge >= 0.3 is 0 Å². The van der Waals surface area contributed by atoms with E-state index in [2.05, 4.69) is 6.92 Å². The lowest BCUT2D eigenvalue weighted by atomic mass is 10.0. The van der Waals surface area contributed by atoms with E-state index in [0.29, 0.717) is 6.61 Å². The number of hydrogen-bond acceptors (Lipinski definition) is 4. The summed E-state index contributed by atoms with van der Waals surface area (Å²) in [5.74, 6) is -0.185. The molecule has 0 aliphatic rings. The lowest BCUT2D eigenvalue weighted by Crippen LogP contribution is -2.42. The first-order chi connectivity index (χ1) is 14.5. The molecule has 1 atom stereocenters. The van der Waals surface area contributed by atoms with Crippen molar-refractivity contribution in [3.63, 3.8) is 0 Å². The quantitative estimate of drug-likeness (QED) is 0.228. The smallest absolute Gasteiger partial charge is 0.225 e. The molecule has 0 fully saturated rings. The third-order valence-electron chi connectivity index (χ3n) is 5.56. The summed E-state index contributed by atoms with van der Waals surface area (Å²) in [5.41, 5.74) is 0. The van der Waals surface area contributed by atoms with Gasteiger partial charge in [0.25, 0.3) is 0 Å². The molecule has 0 aromatic carbocycles. The van der Waals surface area contributed by atoms with Crippen molar-refractivity contribution in [2.75, 3.05) is 32.9 Å². The Labute approximate surface area is 186 Å². The van der Waals surface area contributed by atoms with Gasteiger partial charge in [0.15, 0.2) is 0 Å². The lowest BCUT2D eigenvalue weighted by molar-refractivity contribution is -0.137. The summed E-state index contributed by atoms with van der Waals surface area (Å²) in [5, 5.41) is 19.2. The highest BCUT2D eigenvalue weighted by Crippen LogP contribution is 2.13. The molecular weight excluding hydrogens is 378 g/mol. The maximum Gasteiger partial charge on any atom is 0.225 e. The molecule has 0 heterocycles. The number of carbonyl (C=O) groups excluding carboxylic acids is 1. The topological polar surface area (TPSA) is 70.0 Å². The second kappa shape index (κ2) is 21.6. The molecule has 0 spiro atoms. The Morgan fingerprint density at radius 1 is 0.833 bits per heavy atom. The van der Waals surface area contributed by atoms with Gasteiger partial charge in [-0.3, -0.25) is 4.79 Å². The number of carbonyl (C=O) groups is 1. The van der Waals surface area contributed by atoms with E-state index in [4.69, 9.17) is 9.84 Å². The zero-order chi connectivity index (χ0) is 22.5. The number of aliphatic hydroxyl groups excluding tert-OH is 2. The largest absolute Gasteiger partial charge is 0.395 e. The Balaban J connectivity index is 3.45. The van der Waals surface area contributed by atoms with Crippen LogP contribution in [0.15, 0.2) is 0 Å². The van der Waals surface area contributed by atoms with Gasteiger partial charge in [-0.2, -0.15) is 0 Å². The zero-order valence-electron chi connectivity index (χ0n) is 20.2. The lowest BCUT2D eigenvalue weighted by Gasteiger charge is -2.26. The molecule has 180 valence electrons. The van der Waals surface area contributed by atoms with Crippen LogP contribution in [0.3, 0.4) is 0 Å². The van der Waals surface area contributed by atoms with Crippen LogP contribution in [0, 0.1) is 5.92 Å². The first-order valence-corrected chi connectivity index (χ1v) is 12.7. The van der Waals surface area contributed by atoms with Crippen LogP contribution in [0.25, 0.3) is 0 Å². The Hall–Kier alpha value is -0.650. The highest BCUT2D eigenvalue weighted by atomic mass is 16.5. The van der Waals surface area contributed by atoms with E-state index >= 15 is 0 Å². The van der Waals surface area contributed by atoms with Gasteiger partial charge in [-0.25, -0.2) is 0 Å². The fourth-order valence-corrected chi connectivity index (χ4v) is 3.70. The molecule has 5 heteroatoms. The minimum absolute atomic E-state index is 0.0462. The van der Waals surface area contributed by atoms with Crippen LogP contribution in [0.1, 0.15) is 111 Å². The Kier molecular flexibility index (Phi) is 21.1. The van der Waals surface area contributed by atoms with Crippen molar-refractivity contribution >= 4 is 5.91 Å². The van der Waals surface area contributed by atoms with Crippen LogP contribution in [0.2, 0.25) is 0 Å². The second-order valence-electron chi connectivity index (χ2n) is 8.99. The first-order valence-electron chi connectivity index (χ1n) is 12.7. The molecule has 30 heavy (non-hydrogen) atoms. The Morgan fingerprint density at radius 2 is 1.30 bits per heavy atom. The van der Waals surface area contributed by atoms with Crippen LogP contribution in [0.5, 0.6) is 0 Å². The number of amides is 1. The van der Waals surface area contributed by atoms with E-state index < -0.39 is 6.10 Å². The van der Waals surface area contributed by atoms with Crippen molar-refractivity contribution in [3.05, 3.63) is 0 Å². The van der Waals surface area contributed by atoms with Crippen molar-refractivity contribution in [1.82, 2.24) is 4.90 Å². The van der Waals surface area contributed by atoms with Gasteiger partial charge in [0.1, 0.15) is 0 Å². The van der Waals surface area contributed by atoms with E-state index in [1.54, 1.807) is 0 Å². The van der Waals surface area contributed by atoms with Gasteiger partial charge in [-0.15, -0.1) is 0 Å². The van der Waals surface area contributed by atoms with Crippen LogP contribution in [-0.4, -0.2) is 60.0 Å². The maximum atomic E-state index is 12.1. The van der Waals surface area contributed by atoms with Crippen molar-refractivity contribution in [1.29, 1.82) is 0 Å². The van der Waals surface area contributed by atoms with Crippen LogP contribution in [0.4, 0.5) is 0 Å².